The number of carbonyl (C=O) groups is 1. The standard InChI is InChI=1S/C20H18N2O3/c1-10-8-15-13-7-5-4-6-12(13)11(2)21-18(15)17-14(10)9-16(19(23)22-17)20(24)25-3/h4-7,9-10H,8H2,1-3H3,(H,22,23). The van der Waals surface area contributed by atoms with Crippen LogP contribution >= 0.6 is 0 Å². The molecule has 1 unspecified atom stereocenters. The van der Waals surface area contributed by atoms with Crippen molar-refractivity contribution < 1.29 is 9.53 Å². The van der Waals surface area contributed by atoms with Gasteiger partial charge in [0.05, 0.1) is 18.5 Å². The smallest absolute Gasteiger partial charge is 0.343 e. The molecule has 0 radical (unpaired) electrons. The second kappa shape index (κ2) is 5.55. The van der Waals surface area contributed by atoms with Gasteiger partial charge in [0.15, 0.2) is 0 Å². The van der Waals surface area contributed by atoms with Gasteiger partial charge in [0.1, 0.15) is 5.56 Å². The van der Waals surface area contributed by atoms with Gasteiger partial charge in [-0.15, -0.1) is 0 Å². The third-order valence-corrected chi connectivity index (χ3v) is 4.96. The average molecular weight is 334 g/mol. The molecule has 0 aliphatic heterocycles. The van der Waals surface area contributed by atoms with Gasteiger partial charge in [0, 0.05) is 11.1 Å². The lowest BCUT2D eigenvalue weighted by Gasteiger charge is -2.26. The van der Waals surface area contributed by atoms with E-state index in [2.05, 4.69) is 24.0 Å². The summed E-state index contributed by atoms with van der Waals surface area (Å²) >= 11 is 0. The van der Waals surface area contributed by atoms with Gasteiger partial charge < -0.3 is 9.72 Å². The van der Waals surface area contributed by atoms with E-state index in [1.807, 2.05) is 19.1 Å². The van der Waals surface area contributed by atoms with Crippen LogP contribution in [0.1, 0.15) is 40.0 Å². The molecule has 1 N–H and O–H groups in total. The summed E-state index contributed by atoms with van der Waals surface area (Å²) in [7, 11) is 1.27. The molecule has 5 nitrogen and oxygen atoms in total. The van der Waals surface area contributed by atoms with Gasteiger partial charge in [-0.2, -0.15) is 0 Å². The van der Waals surface area contributed by atoms with E-state index in [0.717, 1.165) is 34.3 Å². The lowest BCUT2D eigenvalue weighted by atomic mass is 9.82. The number of esters is 1. The van der Waals surface area contributed by atoms with Gasteiger partial charge in [-0.25, -0.2) is 4.79 Å². The summed E-state index contributed by atoms with van der Waals surface area (Å²) in [4.78, 5) is 31.9. The van der Waals surface area contributed by atoms with Crippen LogP contribution in [0.5, 0.6) is 0 Å². The molecular weight excluding hydrogens is 316 g/mol. The number of aromatic nitrogens is 2. The number of methoxy groups -OCH3 is 1. The quantitative estimate of drug-likeness (QED) is 0.693. The Balaban J connectivity index is 2.05. The van der Waals surface area contributed by atoms with Crippen LogP contribution in [0.15, 0.2) is 35.1 Å². The Labute approximate surface area is 144 Å². The summed E-state index contributed by atoms with van der Waals surface area (Å²) < 4.78 is 4.72. The van der Waals surface area contributed by atoms with Gasteiger partial charge in [0.25, 0.3) is 5.56 Å². The topological polar surface area (TPSA) is 72.1 Å². The largest absolute Gasteiger partial charge is 0.465 e. The summed E-state index contributed by atoms with van der Waals surface area (Å²) in [5.41, 5.74) is 4.09. The first kappa shape index (κ1) is 15.6. The van der Waals surface area contributed by atoms with Crippen LogP contribution in [0, 0.1) is 6.92 Å². The minimum Gasteiger partial charge on any atom is -0.465 e. The van der Waals surface area contributed by atoms with Crippen molar-refractivity contribution in [2.75, 3.05) is 7.11 Å². The molecule has 25 heavy (non-hydrogen) atoms. The molecule has 0 fully saturated rings. The highest BCUT2D eigenvalue weighted by Gasteiger charge is 2.28. The van der Waals surface area contributed by atoms with Crippen LogP contribution in [0.25, 0.3) is 22.2 Å². The maximum Gasteiger partial charge on any atom is 0.343 e. The van der Waals surface area contributed by atoms with Crippen LogP contribution in [0.4, 0.5) is 0 Å². The summed E-state index contributed by atoms with van der Waals surface area (Å²) in [6.07, 6.45) is 0.808. The highest BCUT2D eigenvalue weighted by Crippen LogP contribution is 2.40. The zero-order chi connectivity index (χ0) is 17.7. The fourth-order valence-electron chi connectivity index (χ4n) is 3.71. The first-order valence-corrected chi connectivity index (χ1v) is 8.25. The number of ether oxygens (including phenoxy) is 1. The van der Waals surface area contributed by atoms with Crippen LogP contribution in [-0.4, -0.2) is 23.0 Å². The Hall–Kier alpha value is -2.95. The van der Waals surface area contributed by atoms with Crippen molar-refractivity contribution in [2.45, 2.75) is 26.2 Å². The van der Waals surface area contributed by atoms with Gasteiger partial charge >= 0.3 is 5.97 Å². The van der Waals surface area contributed by atoms with E-state index >= 15 is 0 Å². The Morgan fingerprint density at radius 2 is 2.00 bits per heavy atom. The minimum atomic E-state index is -0.621. The molecule has 1 aliphatic rings. The van der Waals surface area contributed by atoms with Crippen molar-refractivity contribution in [2.24, 2.45) is 0 Å². The maximum atomic E-state index is 12.4. The first-order chi connectivity index (χ1) is 12.0. The average Bonchev–Trinajstić information content (AvgIpc) is 2.62. The number of pyridine rings is 2. The molecule has 3 aromatic rings. The number of carbonyl (C=O) groups excluding carboxylic acids is 1. The molecule has 5 heteroatoms. The van der Waals surface area contributed by atoms with Crippen LogP contribution in [0.2, 0.25) is 0 Å². The van der Waals surface area contributed by atoms with Crippen molar-refractivity contribution in [1.82, 2.24) is 9.97 Å². The van der Waals surface area contributed by atoms with E-state index in [9.17, 15) is 9.59 Å². The molecular formula is C20H18N2O3. The van der Waals surface area contributed by atoms with Crippen molar-refractivity contribution in [3.8, 4) is 11.4 Å². The number of nitrogens with zero attached hydrogens (tertiary/aromatic N) is 1. The summed E-state index contributed by atoms with van der Waals surface area (Å²) in [5.74, 6) is -0.458. The van der Waals surface area contributed by atoms with Crippen LogP contribution < -0.4 is 5.56 Å². The minimum absolute atomic E-state index is 0.0362. The maximum absolute atomic E-state index is 12.4. The van der Waals surface area contributed by atoms with Gasteiger partial charge in [0.2, 0.25) is 0 Å². The summed E-state index contributed by atoms with van der Waals surface area (Å²) in [5, 5.41) is 2.30. The highest BCUT2D eigenvalue weighted by atomic mass is 16.5. The number of rotatable bonds is 1. The van der Waals surface area contributed by atoms with E-state index < -0.39 is 11.5 Å². The first-order valence-electron chi connectivity index (χ1n) is 8.25. The number of aryl methyl sites for hydroxylation is 1. The fourth-order valence-corrected chi connectivity index (χ4v) is 3.71. The second-order valence-corrected chi connectivity index (χ2v) is 6.51. The Bertz CT molecular complexity index is 1080. The molecule has 0 saturated carbocycles. The zero-order valence-electron chi connectivity index (χ0n) is 14.3. The predicted molar refractivity (Wildman–Crippen MR) is 96.0 cm³/mol. The van der Waals surface area contributed by atoms with E-state index in [1.54, 1.807) is 6.07 Å². The molecule has 0 saturated heterocycles. The highest BCUT2D eigenvalue weighted by molar-refractivity contribution is 5.94. The van der Waals surface area contributed by atoms with Gasteiger partial charge in [-0.05, 0) is 41.8 Å². The van der Waals surface area contributed by atoms with Crippen molar-refractivity contribution in [3.63, 3.8) is 0 Å². The van der Waals surface area contributed by atoms with Crippen LogP contribution in [-0.2, 0) is 11.2 Å². The molecule has 4 rings (SSSR count). The summed E-state index contributed by atoms with van der Waals surface area (Å²) in [6.45, 7) is 4.07. The third kappa shape index (κ3) is 2.27. The fraction of sp³-hybridized carbons (Fsp3) is 0.250. The molecule has 2 aromatic heterocycles. The number of hydrogen-bond acceptors (Lipinski definition) is 4. The molecule has 2 heterocycles. The lowest BCUT2D eigenvalue weighted by molar-refractivity contribution is 0.0598. The van der Waals surface area contributed by atoms with E-state index in [0.29, 0.717) is 5.69 Å². The number of benzene rings is 1. The third-order valence-electron chi connectivity index (χ3n) is 4.96. The molecule has 0 amide bonds. The van der Waals surface area contributed by atoms with Crippen LogP contribution in [0.3, 0.4) is 0 Å². The molecule has 126 valence electrons. The molecule has 0 bridgehead atoms. The molecule has 1 aliphatic carbocycles. The number of fused-ring (bicyclic) bond motifs is 5. The number of aromatic amines is 1. The number of nitrogens with one attached hydrogen (secondary N) is 1. The summed E-state index contributed by atoms with van der Waals surface area (Å²) in [6, 6.07) is 9.85. The molecule has 1 atom stereocenters. The second-order valence-electron chi connectivity index (χ2n) is 6.51. The predicted octanol–water partition coefficient (Wildman–Crippen LogP) is 3.34. The SMILES string of the molecule is COC(=O)c1cc2c([nH]c1=O)-c1nc(C)c3ccccc3c1CC2C. The number of hydrogen-bond donors (Lipinski definition) is 1. The monoisotopic (exact) mass is 334 g/mol. The van der Waals surface area contributed by atoms with Crippen molar-refractivity contribution in [1.29, 1.82) is 0 Å². The lowest BCUT2D eigenvalue weighted by Crippen LogP contribution is -2.24. The van der Waals surface area contributed by atoms with Gasteiger partial charge in [-0.1, -0.05) is 31.2 Å². The molecule has 0 spiro atoms. The number of H-pyrrole nitrogens is 1. The van der Waals surface area contributed by atoms with E-state index in [4.69, 9.17) is 9.72 Å². The Morgan fingerprint density at radius 1 is 1.28 bits per heavy atom. The Morgan fingerprint density at radius 3 is 2.72 bits per heavy atom. The van der Waals surface area contributed by atoms with Crippen molar-refractivity contribution in [3.05, 3.63) is 63.1 Å². The normalized spacial score (nSPS) is 15.6. The Kier molecular flexibility index (Phi) is 3.46. The zero-order valence-corrected chi connectivity index (χ0v) is 14.3. The van der Waals surface area contributed by atoms with E-state index in [1.165, 1.54) is 12.5 Å². The van der Waals surface area contributed by atoms with Crippen molar-refractivity contribution >= 4 is 16.7 Å². The molecule has 1 aromatic carbocycles. The van der Waals surface area contributed by atoms with E-state index in [-0.39, 0.29) is 11.5 Å². The van der Waals surface area contributed by atoms with Gasteiger partial charge in [-0.3, -0.25) is 9.78 Å².